The number of aliphatic hydroxyl groups is 1. The first-order chi connectivity index (χ1) is 8.72. The first-order valence-electron chi connectivity index (χ1n) is 8.40. The predicted molar refractivity (Wildman–Crippen MR) is 81.9 cm³/mol. The summed E-state index contributed by atoms with van der Waals surface area (Å²) in [6.45, 7) is 6.58. The maximum atomic E-state index is 9.84. The fourth-order valence-electron chi connectivity index (χ4n) is 2.40. The van der Waals surface area contributed by atoms with Crippen LogP contribution in [-0.2, 0) is 0 Å². The SMILES string of the molecule is CCCCCCCCCCCCC(O)C(C)CC. The van der Waals surface area contributed by atoms with Crippen molar-refractivity contribution in [2.75, 3.05) is 0 Å². The van der Waals surface area contributed by atoms with E-state index >= 15 is 0 Å². The highest BCUT2D eigenvalue weighted by Gasteiger charge is 2.10. The average molecular weight is 256 g/mol. The van der Waals surface area contributed by atoms with Gasteiger partial charge in [0.25, 0.3) is 0 Å². The van der Waals surface area contributed by atoms with Crippen LogP contribution >= 0.6 is 0 Å². The number of hydrogen-bond acceptors (Lipinski definition) is 1. The van der Waals surface area contributed by atoms with Crippen molar-refractivity contribution in [3.63, 3.8) is 0 Å². The molecular weight excluding hydrogens is 220 g/mol. The zero-order valence-corrected chi connectivity index (χ0v) is 13.1. The lowest BCUT2D eigenvalue weighted by atomic mass is 9.96. The summed E-state index contributed by atoms with van der Waals surface area (Å²) in [4.78, 5) is 0. The molecule has 0 radical (unpaired) electrons. The van der Waals surface area contributed by atoms with Crippen LogP contribution in [0.5, 0.6) is 0 Å². The van der Waals surface area contributed by atoms with E-state index in [9.17, 15) is 5.11 Å². The minimum atomic E-state index is -0.0657. The van der Waals surface area contributed by atoms with Crippen LogP contribution in [0.25, 0.3) is 0 Å². The zero-order chi connectivity index (χ0) is 13.6. The summed E-state index contributed by atoms with van der Waals surface area (Å²) in [5.74, 6) is 0.476. The van der Waals surface area contributed by atoms with E-state index < -0.39 is 0 Å². The van der Waals surface area contributed by atoms with E-state index in [2.05, 4.69) is 20.8 Å². The molecule has 0 saturated carbocycles. The summed E-state index contributed by atoms with van der Waals surface area (Å²) in [5.41, 5.74) is 0. The molecule has 0 fully saturated rings. The summed E-state index contributed by atoms with van der Waals surface area (Å²) >= 11 is 0. The van der Waals surface area contributed by atoms with Crippen LogP contribution in [0.15, 0.2) is 0 Å². The van der Waals surface area contributed by atoms with Gasteiger partial charge in [0.2, 0.25) is 0 Å². The maximum Gasteiger partial charge on any atom is 0.0565 e. The summed E-state index contributed by atoms with van der Waals surface area (Å²) < 4.78 is 0. The summed E-state index contributed by atoms with van der Waals surface area (Å²) in [5, 5.41) is 9.84. The van der Waals surface area contributed by atoms with Crippen LogP contribution in [0.3, 0.4) is 0 Å². The highest BCUT2D eigenvalue weighted by atomic mass is 16.3. The van der Waals surface area contributed by atoms with Gasteiger partial charge in [0.1, 0.15) is 0 Å². The smallest absolute Gasteiger partial charge is 0.0565 e. The fourth-order valence-corrected chi connectivity index (χ4v) is 2.40. The highest BCUT2D eigenvalue weighted by molar-refractivity contribution is 4.62. The lowest BCUT2D eigenvalue weighted by Crippen LogP contribution is -2.16. The van der Waals surface area contributed by atoms with E-state index in [-0.39, 0.29) is 6.10 Å². The Morgan fingerprint density at radius 1 is 0.722 bits per heavy atom. The van der Waals surface area contributed by atoms with Gasteiger partial charge in [-0.3, -0.25) is 0 Å². The van der Waals surface area contributed by atoms with Crippen molar-refractivity contribution in [3.05, 3.63) is 0 Å². The summed E-state index contributed by atoms with van der Waals surface area (Å²) in [7, 11) is 0. The van der Waals surface area contributed by atoms with Gasteiger partial charge in [-0.1, -0.05) is 91.4 Å². The first kappa shape index (κ1) is 18.0. The first-order valence-corrected chi connectivity index (χ1v) is 8.40. The van der Waals surface area contributed by atoms with Crippen LogP contribution in [0.1, 0.15) is 97.8 Å². The van der Waals surface area contributed by atoms with Crippen molar-refractivity contribution in [1.82, 2.24) is 0 Å². The van der Waals surface area contributed by atoms with Gasteiger partial charge >= 0.3 is 0 Å². The van der Waals surface area contributed by atoms with Gasteiger partial charge in [-0.2, -0.15) is 0 Å². The third kappa shape index (κ3) is 11.1. The van der Waals surface area contributed by atoms with Crippen molar-refractivity contribution in [1.29, 1.82) is 0 Å². The van der Waals surface area contributed by atoms with Crippen molar-refractivity contribution < 1.29 is 5.11 Å². The molecule has 0 aromatic heterocycles. The summed E-state index contributed by atoms with van der Waals surface area (Å²) in [6.07, 6.45) is 15.8. The second kappa shape index (κ2) is 13.4. The Labute approximate surface area is 115 Å². The van der Waals surface area contributed by atoms with E-state index in [4.69, 9.17) is 0 Å². The molecule has 0 aromatic rings. The van der Waals surface area contributed by atoms with Gasteiger partial charge < -0.3 is 5.11 Å². The molecule has 0 spiro atoms. The molecule has 1 nitrogen and oxygen atoms in total. The molecule has 110 valence electrons. The molecule has 0 saturated heterocycles. The molecule has 0 aliphatic heterocycles. The molecule has 0 rings (SSSR count). The zero-order valence-electron chi connectivity index (χ0n) is 13.1. The van der Waals surface area contributed by atoms with Crippen LogP contribution in [0.2, 0.25) is 0 Å². The Balaban J connectivity index is 3.11. The topological polar surface area (TPSA) is 20.2 Å². The Morgan fingerprint density at radius 3 is 1.61 bits per heavy atom. The van der Waals surface area contributed by atoms with E-state index in [1.54, 1.807) is 0 Å². The predicted octanol–water partition coefficient (Wildman–Crippen LogP) is 5.70. The monoisotopic (exact) mass is 256 g/mol. The number of unbranched alkanes of at least 4 members (excludes halogenated alkanes) is 9. The largest absolute Gasteiger partial charge is 0.393 e. The number of rotatable bonds is 13. The molecule has 1 N–H and O–H groups in total. The highest BCUT2D eigenvalue weighted by Crippen LogP contribution is 2.16. The summed E-state index contributed by atoms with van der Waals surface area (Å²) in [6, 6.07) is 0. The molecule has 2 atom stereocenters. The standard InChI is InChI=1S/C17H36O/c1-4-6-7-8-9-10-11-12-13-14-15-17(18)16(3)5-2/h16-18H,4-15H2,1-3H3. The molecule has 2 unspecified atom stereocenters. The minimum Gasteiger partial charge on any atom is -0.393 e. The van der Waals surface area contributed by atoms with Crippen LogP contribution in [0.4, 0.5) is 0 Å². The molecular formula is C17H36O. The Bertz CT molecular complexity index is 156. The van der Waals surface area contributed by atoms with Gasteiger partial charge in [0, 0.05) is 0 Å². The third-order valence-corrected chi connectivity index (χ3v) is 4.15. The van der Waals surface area contributed by atoms with Crippen LogP contribution in [-0.4, -0.2) is 11.2 Å². The minimum absolute atomic E-state index is 0.0657. The van der Waals surface area contributed by atoms with Gasteiger partial charge in [-0.15, -0.1) is 0 Å². The molecule has 0 aliphatic rings. The van der Waals surface area contributed by atoms with E-state index in [1.807, 2.05) is 0 Å². The van der Waals surface area contributed by atoms with E-state index in [0.717, 1.165) is 12.8 Å². The second-order valence-electron chi connectivity index (χ2n) is 5.92. The van der Waals surface area contributed by atoms with Crippen LogP contribution < -0.4 is 0 Å². The number of hydrogen-bond donors (Lipinski definition) is 1. The van der Waals surface area contributed by atoms with Gasteiger partial charge in [0.05, 0.1) is 6.10 Å². The second-order valence-corrected chi connectivity index (χ2v) is 5.92. The Morgan fingerprint density at radius 2 is 1.17 bits per heavy atom. The number of aliphatic hydroxyl groups excluding tert-OH is 1. The molecule has 1 heteroatoms. The Hall–Kier alpha value is -0.0400. The van der Waals surface area contributed by atoms with Crippen molar-refractivity contribution in [2.45, 2.75) is 104 Å². The fraction of sp³-hybridized carbons (Fsp3) is 1.00. The molecule has 0 amide bonds. The van der Waals surface area contributed by atoms with E-state index in [0.29, 0.717) is 5.92 Å². The van der Waals surface area contributed by atoms with Gasteiger partial charge in [0.15, 0.2) is 0 Å². The third-order valence-electron chi connectivity index (χ3n) is 4.15. The molecule has 0 aromatic carbocycles. The molecule has 0 heterocycles. The molecule has 0 bridgehead atoms. The van der Waals surface area contributed by atoms with Crippen molar-refractivity contribution in [3.8, 4) is 0 Å². The van der Waals surface area contributed by atoms with Gasteiger partial charge in [-0.05, 0) is 12.3 Å². The van der Waals surface area contributed by atoms with E-state index in [1.165, 1.54) is 64.2 Å². The maximum absolute atomic E-state index is 9.84. The van der Waals surface area contributed by atoms with Crippen molar-refractivity contribution >= 4 is 0 Å². The molecule has 18 heavy (non-hydrogen) atoms. The molecule has 0 aliphatic carbocycles. The Kier molecular flexibility index (Phi) is 13.4. The lowest BCUT2D eigenvalue weighted by Gasteiger charge is -2.16. The normalized spacial score (nSPS) is 14.7. The average Bonchev–Trinajstić information content (AvgIpc) is 2.39. The quantitative estimate of drug-likeness (QED) is 0.419. The van der Waals surface area contributed by atoms with Crippen LogP contribution in [0, 0.1) is 5.92 Å². The van der Waals surface area contributed by atoms with Gasteiger partial charge in [-0.25, -0.2) is 0 Å². The lowest BCUT2D eigenvalue weighted by molar-refractivity contribution is 0.102. The van der Waals surface area contributed by atoms with Crippen molar-refractivity contribution in [2.24, 2.45) is 5.92 Å².